The molecule has 0 aliphatic rings. The zero-order chi connectivity index (χ0) is 21.2. The summed E-state index contributed by atoms with van der Waals surface area (Å²) in [6.07, 6.45) is 3.83. The van der Waals surface area contributed by atoms with Crippen LogP contribution in [-0.2, 0) is 14.3 Å². The largest absolute Gasteiger partial charge is 0.493 e. The maximum absolute atomic E-state index is 12.0. The van der Waals surface area contributed by atoms with Crippen LogP contribution in [0.3, 0.4) is 0 Å². The Balaban J connectivity index is 1.80. The number of halogens is 1. The van der Waals surface area contributed by atoms with Crippen LogP contribution in [0, 0.1) is 0 Å². The molecule has 7 heteroatoms. The molecule has 2 aromatic rings. The van der Waals surface area contributed by atoms with Crippen molar-refractivity contribution < 1.29 is 23.8 Å². The third-order valence-corrected chi connectivity index (χ3v) is 4.22. The van der Waals surface area contributed by atoms with Crippen LogP contribution in [0.25, 0.3) is 6.08 Å². The molecular formula is C22H24ClNO5. The van der Waals surface area contributed by atoms with Crippen LogP contribution in [0.5, 0.6) is 11.5 Å². The lowest BCUT2D eigenvalue weighted by Gasteiger charge is -2.15. The molecule has 0 fully saturated rings. The normalized spacial score (nSPS) is 11.7. The third kappa shape index (κ3) is 7.16. The number of rotatable bonds is 9. The van der Waals surface area contributed by atoms with E-state index in [9.17, 15) is 9.59 Å². The Labute approximate surface area is 175 Å². The number of hydrogen-bond acceptors (Lipinski definition) is 5. The number of hydrogen-bond donors (Lipinski definition) is 1. The van der Waals surface area contributed by atoms with E-state index >= 15 is 0 Å². The van der Waals surface area contributed by atoms with Gasteiger partial charge >= 0.3 is 5.97 Å². The summed E-state index contributed by atoms with van der Waals surface area (Å²) in [7, 11) is 1.52. The molecule has 0 saturated heterocycles. The lowest BCUT2D eigenvalue weighted by atomic mass is 10.1. The van der Waals surface area contributed by atoms with Crippen LogP contribution < -0.4 is 14.8 Å². The van der Waals surface area contributed by atoms with E-state index in [2.05, 4.69) is 5.32 Å². The fourth-order valence-corrected chi connectivity index (χ4v) is 2.77. The van der Waals surface area contributed by atoms with Crippen molar-refractivity contribution in [2.75, 3.05) is 20.3 Å². The van der Waals surface area contributed by atoms with Crippen LogP contribution >= 0.6 is 11.6 Å². The number of amides is 1. The van der Waals surface area contributed by atoms with Crippen molar-refractivity contribution in [2.45, 2.75) is 19.9 Å². The number of benzene rings is 2. The molecule has 0 aliphatic heterocycles. The maximum atomic E-state index is 12.0. The number of allylic oxidation sites excluding steroid dienone is 1. The Hall–Kier alpha value is -2.99. The van der Waals surface area contributed by atoms with E-state index in [0.717, 1.165) is 11.1 Å². The Morgan fingerprint density at radius 2 is 1.93 bits per heavy atom. The van der Waals surface area contributed by atoms with Gasteiger partial charge in [-0.1, -0.05) is 42.0 Å². The van der Waals surface area contributed by atoms with Crippen molar-refractivity contribution in [1.82, 2.24) is 5.32 Å². The molecule has 0 unspecified atom stereocenters. The summed E-state index contributed by atoms with van der Waals surface area (Å²) in [6.45, 7) is 3.00. The van der Waals surface area contributed by atoms with Gasteiger partial charge in [-0.3, -0.25) is 4.79 Å². The molecule has 29 heavy (non-hydrogen) atoms. The van der Waals surface area contributed by atoms with Gasteiger partial charge < -0.3 is 19.5 Å². The lowest BCUT2D eigenvalue weighted by Crippen LogP contribution is -2.32. The molecule has 2 rings (SSSR count). The highest BCUT2D eigenvalue weighted by atomic mass is 35.5. The molecule has 1 atom stereocenters. The lowest BCUT2D eigenvalue weighted by molar-refractivity contribution is -0.150. The van der Waals surface area contributed by atoms with Crippen LogP contribution in [0.4, 0.5) is 0 Å². The fourth-order valence-electron chi connectivity index (χ4n) is 2.57. The van der Waals surface area contributed by atoms with E-state index in [4.69, 9.17) is 25.8 Å². The molecule has 0 bridgehead atoms. The summed E-state index contributed by atoms with van der Waals surface area (Å²) in [5.41, 5.74) is 1.80. The van der Waals surface area contributed by atoms with Gasteiger partial charge in [0.15, 0.2) is 24.7 Å². The van der Waals surface area contributed by atoms with Crippen molar-refractivity contribution in [3.05, 3.63) is 64.7 Å². The topological polar surface area (TPSA) is 73.9 Å². The van der Waals surface area contributed by atoms with Gasteiger partial charge in [-0.25, -0.2) is 4.79 Å². The monoisotopic (exact) mass is 417 g/mol. The molecule has 0 radical (unpaired) electrons. The van der Waals surface area contributed by atoms with Gasteiger partial charge in [0, 0.05) is 5.02 Å². The van der Waals surface area contributed by atoms with E-state index in [0.29, 0.717) is 16.5 Å². The standard InChI is InChI=1S/C22H24ClNO5/c1-4-6-16-9-10-19(20(11-16)27-3)28-14-22(26)29-13-21(25)24-15(2)17-7-5-8-18(23)12-17/h4-12,15H,13-14H2,1-3H3,(H,24,25)/b6-4+/t15-/m1/s1. The summed E-state index contributed by atoms with van der Waals surface area (Å²) >= 11 is 5.95. The first-order chi connectivity index (χ1) is 13.9. The van der Waals surface area contributed by atoms with Gasteiger partial charge in [0.25, 0.3) is 5.91 Å². The summed E-state index contributed by atoms with van der Waals surface area (Å²) in [4.78, 5) is 23.9. The molecule has 2 aromatic carbocycles. The van der Waals surface area contributed by atoms with Crippen molar-refractivity contribution in [1.29, 1.82) is 0 Å². The molecule has 6 nitrogen and oxygen atoms in total. The highest BCUT2D eigenvalue weighted by Gasteiger charge is 2.13. The van der Waals surface area contributed by atoms with Crippen molar-refractivity contribution in [2.24, 2.45) is 0 Å². The minimum Gasteiger partial charge on any atom is -0.493 e. The number of esters is 1. The number of carbonyl (C=O) groups is 2. The van der Waals surface area contributed by atoms with Crippen molar-refractivity contribution in [3.63, 3.8) is 0 Å². The van der Waals surface area contributed by atoms with Crippen molar-refractivity contribution >= 4 is 29.6 Å². The van der Waals surface area contributed by atoms with Crippen LogP contribution in [0.15, 0.2) is 48.5 Å². The van der Waals surface area contributed by atoms with Gasteiger partial charge in [0.1, 0.15) is 0 Å². The zero-order valence-corrected chi connectivity index (χ0v) is 17.4. The molecule has 154 valence electrons. The Morgan fingerprint density at radius 1 is 1.14 bits per heavy atom. The quantitative estimate of drug-likeness (QED) is 0.619. The van der Waals surface area contributed by atoms with Gasteiger partial charge in [0.2, 0.25) is 0 Å². The second-order valence-corrected chi connectivity index (χ2v) is 6.64. The molecule has 0 spiro atoms. The average Bonchev–Trinajstić information content (AvgIpc) is 2.71. The average molecular weight is 418 g/mol. The van der Waals surface area contributed by atoms with E-state index in [1.165, 1.54) is 7.11 Å². The number of methoxy groups -OCH3 is 1. The first kappa shape index (κ1) is 22.3. The molecule has 0 saturated carbocycles. The second kappa shape index (κ2) is 11.1. The van der Waals surface area contributed by atoms with E-state index in [1.807, 2.05) is 38.1 Å². The summed E-state index contributed by atoms with van der Waals surface area (Å²) in [5, 5.41) is 3.33. The molecule has 1 amide bonds. The highest BCUT2D eigenvalue weighted by Crippen LogP contribution is 2.28. The first-order valence-electron chi connectivity index (χ1n) is 9.07. The Kier molecular flexibility index (Phi) is 8.55. The molecule has 0 aliphatic carbocycles. The van der Waals surface area contributed by atoms with Crippen LogP contribution in [0.2, 0.25) is 5.02 Å². The molecule has 0 heterocycles. The summed E-state index contributed by atoms with van der Waals surface area (Å²) in [6, 6.07) is 12.3. The second-order valence-electron chi connectivity index (χ2n) is 6.20. The Bertz CT molecular complexity index is 881. The summed E-state index contributed by atoms with van der Waals surface area (Å²) in [5.74, 6) is -0.160. The Morgan fingerprint density at radius 3 is 2.62 bits per heavy atom. The smallest absolute Gasteiger partial charge is 0.344 e. The molecule has 1 N–H and O–H groups in total. The number of nitrogens with one attached hydrogen (secondary N) is 1. The highest BCUT2D eigenvalue weighted by molar-refractivity contribution is 6.30. The first-order valence-corrected chi connectivity index (χ1v) is 9.44. The molecule has 0 aromatic heterocycles. The maximum Gasteiger partial charge on any atom is 0.344 e. The van der Waals surface area contributed by atoms with E-state index in [-0.39, 0.29) is 12.6 Å². The molecular weight excluding hydrogens is 394 g/mol. The number of carbonyl (C=O) groups excluding carboxylic acids is 2. The SMILES string of the molecule is C/C=C/c1ccc(OCC(=O)OCC(=O)N[C@H](C)c2cccc(Cl)c2)c(OC)c1. The number of ether oxygens (including phenoxy) is 3. The zero-order valence-electron chi connectivity index (χ0n) is 16.6. The third-order valence-electron chi connectivity index (χ3n) is 3.98. The van der Waals surface area contributed by atoms with E-state index in [1.54, 1.807) is 30.3 Å². The summed E-state index contributed by atoms with van der Waals surface area (Å²) < 4.78 is 15.7. The predicted octanol–water partition coefficient (Wildman–Crippen LogP) is 4.18. The van der Waals surface area contributed by atoms with E-state index < -0.39 is 18.5 Å². The van der Waals surface area contributed by atoms with Crippen LogP contribution in [0.1, 0.15) is 31.0 Å². The van der Waals surface area contributed by atoms with Gasteiger partial charge in [-0.15, -0.1) is 0 Å². The predicted molar refractivity (Wildman–Crippen MR) is 112 cm³/mol. The van der Waals surface area contributed by atoms with Crippen molar-refractivity contribution in [3.8, 4) is 11.5 Å². The van der Waals surface area contributed by atoms with Gasteiger partial charge in [-0.2, -0.15) is 0 Å². The van der Waals surface area contributed by atoms with Gasteiger partial charge in [-0.05, 0) is 49.2 Å². The van der Waals surface area contributed by atoms with Gasteiger partial charge in [0.05, 0.1) is 13.2 Å². The fraction of sp³-hybridized carbons (Fsp3) is 0.273. The van der Waals surface area contributed by atoms with Crippen LogP contribution in [-0.4, -0.2) is 32.2 Å². The minimum atomic E-state index is -0.657. The minimum absolute atomic E-state index is 0.268.